The van der Waals surface area contributed by atoms with Gasteiger partial charge in [0.2, 0.25) is 0 Å². The first-order valence-electron chi connectivity index (χ1n) is 9.95. The van der Waals surface area contributed by atoms with E-state index >= 15 is 0 Å². The largest absolute Gasteiger partial charge is 0.376 e. The van der Waals surface area contributed by atoms with Crippen LogP contribution in [-0.2, 0) is 4.74 Å². The Bertz CT molecular complexity index is 1050. The van der Waals surface area contributed by atoms with Gasteiger partial charge >= 0.3 is 0 Å². The lowest BCUT2D eigenvalue weighted by atomic mass is 10.0. The van der Waals surface area contributed by atoms with Crippen LogP contribution in [0.4, 0.5) is 4.39 Å². The Kier molecular flexibility index (Phi) is 6.04. The number of benzene rings is 1. The molecule has 30 heavy (non-hydrogen) atoms. The highest BCUT2D eigenvalue weighted by Gasteiger charge is 2.29. The lowest BCUT2D eigenvalue weighted by Crippen LogP contribution is -2.47. The van der Waals surface area contributed by atoms with Crippen LogP contribution in [0.1, 0.15) is 34.6 Å². The zero-order valence-electron chi connectivity index (χ0n) is 16.9. The molecular weight excluding hydrogens is 407 g/mol. The highest BCUT2D eigenvalue weighted by atomic mass is 35.5. The van der Waals surface area contributed by atoms with Crippen LogP contribution in [0.15, 0.2) is 42.7 Å². The van der Waals surface area contributed by atoms with Crippen LogP contribution >= 0.6 is 11.6 Å². The number of aromatic nitrogens is 2. The molecule has 2 unspecified atom stereocenters. The SMILES string of the molecule is Cc1ccn2cc(C(=O)NCC(c3c(F)cccc3Cl)N3CCOC(C)C3)nc2c1. The number of amides is 1. The molecule has 158 valence electrons. The van der Waals surface area contributed by atoms with E-state index in [2.05, 4.69) is 15.2 Å². The molecule has 1 aliphatic rings. The van der Waals surface area contributed by atoms with Gasteiger partial charge in [-0.3, -0.25) is 9.69 Å². The summed E-state index contributed by atoms with van der Waals surface area (Å²) in [7, 11) is 0. The van der Waals surface area contributed by atoms with Crippen LogP contribution in [0.5, 0.6) is 0 Å². The van der Waals surface area contributed by atoms with Crippen LogP contribution in [-0.4, -0.2) is 52.5 Å². The molecule has 1 fully saturated rings. The number of halogens is 2. The minimum absolute atomic E-state index is 0.0178. The van der Waals surface area contributed by atoms with Crippen LogP contribution in [0.25, 0.3) is 5.65 Å². The molecule has 1 aliphatic heterocycles. The molecule has 1 N–H and O–H groups in total. The Morgan fingerprint density at radius 3 is 3.03 bits per heavy atom. The Hall–Kier alpha value is -2.48. The Morgan fingerprint density at radius 1 is 1.43 bits per heavy atom. The minimum atomic E-state index is -0.409. The van der Waals surface area contributed by atoms with E-state index in [0.717, 1.165) is 5.56 Å². The lowest BCUT2D eigenvalue weighted by molar-refractivity contribution is -0.0346. The number of aryl methyl sites for hydroxylation is 1. The first kappa shape index (κ1) is 20.8. The number of fused-ring (bicyclic) bond motifs is 1. The van der Waals surface area contributed by atoms with Crippen molar-refractivity contribution in [3.8, 4) is 0 Å². The molecule has 4 rings (SSSR count). The quantitative estimate of drug-likeness (QED) is 0.671. The fraction of sp³-hybridized carbons (Fsp3) is 0.364. The zero-order valence-corrected chi connectivity index (χ0v) is 17.7. The van der Waals surface area contributed by atoms with Gasteiger partial charge in [0.25, 0.3) is 5.91 Å². The minimum Gasteiger partial charge on any atom is -0.376 e. The standard InChI is InChI=1S/C22H24ClFN4O2/c1-14-6-7-28-13-18(26-20(28)10-14)22(29)25-11-19(27-8-9-30-15(2)12-27)21-16(23)4-3-5-17(21)24/h3-7,10,13,15,19H,8-9,11-12H2,1-2H3,(H,25,29). The number of morpholine rings is 1. The van der Waals surface area contributed by atoms with Crippen molar-refractivity contribution >= 4 is 23.2 Å². The van der Waals surface area contributed by atoms with Gasteiger partial charge in [-0.05, 0) is 43.7 Å². The van der Waals surface area contributed by atoms with E-state index in [4.69, 9.17) is 16.3 Å². The molecule has 0 saturated carbocycles. The summed E-state index contributed by atoms with van der Waals surface area (Å²) >= 11 is 6.35. The van der Waals surface area contributed by atoms with Gasteiger partial charge in [-0.25, -0.2) is 9.37 Å². The second kappa shape index (κ2) is 8.71. The maximum atomic E-state index is 14.7. The average Bonchev–Trinajstić information content (AvgIpc) is 3.13. The maximum absolute atomic E-state index is 14.7. The molecule has 6 nitrogen and oxygen atoms in total. The number of nitrogens with one attached hydrogen (secondary N) is 1. The van der Waals surface area contributed by atoms with E-state index in [0.29, 0.717) is 41.6 Å². The van der Waals surface area contributed by atoms with Crippen molar-refractivity contribution in [2.45, 2.75) is 26.0 Å². The van der Waals surface area contributed by atoms with Gasteiger partial charge in [0.05, 0.1) is 18.8 Å². The summed E-state index contributed by atoms with van der Waals surface area (Å²) < 4.78 is 22.1. The second-order valence-electron chi connectivity index (χ2n) is 7.63. The van der Waals surface area contributed by atoms with Gasteiger partial charge in [0.15, 0.2) is 0 Å². The molecule has 3 aromatic rings. The van der Waals surface area contributed by atoms with Crippen LogP contribution in [0, 0.1) is 12.7 Å². The van der Waals surface area contributed by atoms with Crippen molar-refractivity contribution < 1.29 is 13.9 Å². The Morgan fingerprint density at radius 2 is 2.27 bits per heavy atom. The topological polar surface area (TPSA) is 58.9 Å². The van der Waals surface area contributed by atoms with Crippen molar-refractivity contribution in [2.75, 3.05) is 26.2 Å². The number of imidazole rings is 1. The third kappa shape index (κ3) is 4.33. The summed E-state index contributed by atoms with van der Waals surface area (Å²) in [5.41, 5.74) is 2.47. The number of ether oxygens (including phenoxy) is 1. The fourth-order valence-electron chi connectivity index (χ4n) is 3.84. The van der Waals surface area contributed by atoms with Crippen molar-refractivity contribution in [2.24, 2.45) is 0 Å². The number of rotatable bonds is 5. The summed E-state index contributed by atoms with van der Waals surface area (Å²) in [6.07, 6.45) is 3.57. The molecule has 1 amide bonds. The Labute approximate surface area is 179 Å². The van der Waals surface area contributed by atoms with Crippen molar-refractivity contribution in [1.29, 1.82) is 0 Å². The number of carbonyl (C=O) groups is 1. The molecule has 8 heteroatoms. The summed E-state index contributed by atoms with van der Waals surface area (Å²) in [5, 5.41) is 3.26. The van der Waals surface area contributed by atoms with Crippen molar-refractivity contribution in [3.63, 3.8) is 0 Å². The normalized spacial score (nSPS) is 18.5. The number of pyridine rings is 1. The lowest BCUT2D eigenvalue weighted by Gasteiger charge is -2.38. The smallest absolute Gasteiger partial charge is 0.271 e. The van der Waals surface area contributed by atoms with Gasteiger partial charge < -0.3 is 14.5 Å². The second-order valence-corrected chi connectivity index (χ2v) is 8.04. The third-order valence-electron chi connectivity index (χ3n) is 5.35. The Balaban J connectivity index is 1.57. The molecule has 3 heterocycles. The van der Waals surface area contributed by atoms with Crippen molar-refractivity contribution in [1.82, 2.24) is 19.6 Å². The monoisotopic (exact) mass is 430 g/mol. The third-order valence-corrected chi connectivity index (χ3v) is 5.68. The van der Waals surface area contributed by atoms with Gasteiger partial charge in [0, 0.05) is 42.6 Å². The molecule has 2 atom stereocenters. The van der Waals surface area contributed by atoms with E-state index in [1.807, 2.05) is 32.2 Å². The highest BCUT2D eigenvalue weighted by molar-refractivity contribution is 6.31. The molecule has 1 aromatic carbocycles. The molecule has 1 saturated heterocycles. The molecule has 0 spiro atoms. The van der Waals surface area contributed by atoms with Crippen LogP contribution in [0.3, 0.4) is 0 Å². The van der Waals surface area contributed by atoms with Crippen molar-refractivity contribution in [3.05, 3.63) is 70.4 Å². The van der Waals surface area contributed by atoms with E-state index in [1.54, 1.807) is 22.7 Å². The van der Waals surface area contributed by atoms with E-state index in [1.165, 1.54) is 6.07 Å². The van der Waals surface area contributed by atoms with Gasteiger partial charge in [-0.1, -0.05) is 17.7 Å². The molecule has 0 bridgehead atoms. The summed E-state index contributed by atoms with van der Waals surface area (Å²) in [4.78, 5) is 19.3. The molecule has 2 aromatic heterocycles. The van der Waals surface area contributed by atoms with Gasteiger partial charge in [0.1, 0.15) is 17.2 Å². The number of hydrogen-bond acceptors (Lipinski definition) is 4. The van der Waals surface area contributed by atoms with E-state index in [9.17, 15) is 9.18 Å². The number of nitrogens with zero attached hydrogens (tertiary/aromatic N) is 3. The average molecular weight is 431 g/mol. The predicted octanol–water partition coefficient (Wildman–Crippen LogP) is 3.63. The predicted molar refractivity (Wildman–Crippen MR) is 113 cm³/mol. The number of carbonyl (C=O) groups excluding carboxylic acids is 1. The first-order chi connectivity index (χ1) is 14.4. The fourth-order valence-corrected chi connectivity index (χ4v) is 4.13. The highest BCUT2D eigenvalue weighted by Crippen LogP contribution is 2.31. The first-order valence-corrected chi connectivity index (χ1v) is 10.3. The van der Waals surface area contributed by atoms with Gasteiger partial charge in [-0.2, -0.15) is 0 Å². The maximum Gasteiger partial charge on any atom is 0.271 e. The molecule has 0 aliphatic carbocycles. The van der Waals surface area contributed by atoms with Gasteiger partial charge in [-0.15, -0.1) is 0 Å². The number of hydrogen-bond donors (Lipinski definition) is 1. The summed E-state index contributed by atoms with van der Waals surface area (Å²) in [6.45, 7) is 5.95. The molecule has 0 radical (unpaired) electrons. The summed E-state index contributed by atoms with van der Waals surface area (Å²) in [6, 6.07) is 8.10. The van der Waals surface area contributed by atoms with E-state index < -0.39 is 6.04 Å². The van der Waals surface area contributed by atoms with E-state index in [-0.39, 0.29) is 24.4 Å². The zero-order chi connectivity index (χ0) is 21.3. The van der Waals surface area contributed by atoms with Crippen LogP contribution in [0.2, 0.25) is 5.02 Å². The molecular formula is C22H24ClFN4O2. The van der Waals surface area contributed by atoms with Crippen LogP contribution < -0.4 is 5.32 Å². The summed E-state index contributed by atoms with van der Waals surface area (Å²) in [5.74, 6) is -0.695.